The minimum Gasteiger partial charge on any atom is -0.444 e. The average Bonchev–Trinajstić information content (AvgIpc) is 2.89. The number of rotatable bonds is 5. The number of ether oxygens (including phenoxy) is 1. The highest BCUT2D eigenvalue weighted by molar-refractivity contribution is 5.67. The highest BCUT2D eigenvalue weighted by Gasteiger charge is 2.17. The molecule has 1 amide bonds. The highest BCUT2D eigenvalue weighted by Crippen LogP contribution is 2.26. The fourth-order valence-corrected chi connectivity index (χ4v) is 2.47. The van der Waals surface area contributed by atoms with E-state index in [0.29, 0.717) is 6.54 Å². The van der Waals surface area contributed by atoms with Crippen LogP contribution < -0.4 is 16.0 Å². The van der Waals surface area contributed by atoms with E-state index in [2.05, 4.69) is 34.1 Å². The molecule has 1 atom stereocenters. The Bertz CT molecular complexity index is 523. The summed E-state index contributed by atoms with van der Waals surface area (Å²) in [5, 5.41) is 9.66. The van der Waals surface area contributed by atoms with Gasteiger partial charge in [0.15, 0.2) is 0 Å². The van der Waals surface area contributed by atoms with Gasteiger partial charge in [-0.1, -0.05) is 18.2 Å². The Hall–Kier alpha value is -1.75. The van der Waals surface area contributed by atoms with E-state index in [9.17, 15) is 4.79 Å². The molecule has 0 bridgehead atoms. The molecule has 0 spiro atoms. The Labute approximate surface area is 132 Å². The van der Waals surface area contributed by atoms with Crippen LogP contribution in [0.3, 0.4) is 0 Å². The number of carbonyl (C=O) groups is 1. The van der Waals surface area contributed by atoms with Crippen molar-refractivity contribution in [3.63, 3.8) is 0 Å². The topological polar surface area (TPSA) is 62.4 Å². The smallest absolute Gasteiger partial charge is 0.407 e. The van der Waals surface area contributed by atoms with Gasteiger partial charge in [-0.25, -0.2) is 4.79 Å². The van der Waals surface area contributed by atoms with Crippen LogP contribution in [0.5, 0.6) is 0 Å². The van der Waals surface area contributed by atoms with E-state index in [0.717, 1.165) is 19.5 Å². The molecule has 3 N–H and O–H groups in total. The van der Waals surface area contributed by atoms with E-state index in [1.54, 1.807) is 0 Å². The molecule has 0 aromatic heterocycles. The Kier molecular flexibility index (Phi) is 5.29. The van der Waals surface area contributed by atoms with Crippen LogP contribution in [0.25, 0.3) is 0 Å². The van der Waals surface area contributed by atoms with Gasteiger partial charge in [0.25, 0.3) is 0 Å². The quantitative estimate of drug-likeness (QED) is 0.782. The molecule has 22 heavy (non-hydrogen) atoms. The molecule has 122 valence electrons. The number of para-hydroxylation sites is 1. The maximum Gasteiger partial charge on any atom is 0.407 e. The number of carbonyl (C=O) groups excluding carboxylic acids is 1. The molecule has 1 aromatic carbocycles. The van der Waals surface area contributed by atoms with Gasteiger partial charge in [-0.05, 0) is 45.2 Å². The predicted molar refractivity (Wildman–Crippen MR) is 89.2 cm³/mol. The molecule has 2 rings (SSSR count). The van der Waals surface area contributed by atoms with E-state index in [1.165, 1.54) is 16.8 Å². The van der Waals surface area contributed by atoms with E-state index in [1.807, 2.05) is 27.7 Å². The molecule has 0 saturated carbocycles. The monoisotopic (exact) mass is 305 g/mol. The number of anilines is 1. The minimum absolute atomic E-state index is 0.171. The molecule has 0 aliphatic carbocycles. The average molecular weight is 305 g/mol. The standard InChI is InChI=1S/C17H27N3O2/c1-12(10-20-16(21)22-17(2,3)4)19-11-14-7-5-6-13-8-9-18-15(13)14/h5-7,12,18-19H,8-11H2,1-4H3,(H,20,21). The SMILES string of the molecule is CC(CNC(=O)OC(C)(C)C)NCc1cccc2c1NCC2. The fraction of sp³-hybridized carbons (Fsp3) is 0.588. The van der Waals surface area contributed by atoms with Crippen LogP contribution >= 0.6 is 0 Å². The van der Waals surface area contributed by atoms with Crippen molar-refractivity contribution in [2.24, 2.45) is 0 Å². The number of hydrogen-bond donors (Lipinski definition) is 3. The van der Waals surface area contributed by atoms with Crippen LogP contribution in [0.1, 0.15) is 38.8 Å². The first kappa shape index (κ1) is 16.6. The molecule has 0 fully saturated rings. The van der Waals surface area contributed by atoms with Crippen molar-refractivity contribution in [1.82, 2.24) is 10.6 Å². The zero-order chi connectivity index (χ0) is 16.2. The van der Waals surface area contributed by atoms with E-state index in [4.69, 9.17) is 4.74 Å². The predicted octanol–water partition coefficient (Wildman–Crippen LogP) is 2.66. The first-order valence-electron chi connectivity index (χ1n) is 7.90. The lowest BCUT2D eigenvalue weighted by Gasteiger charge is -2.21. The largest absolute Gasteiger partial charge is 0.444 e. The summed E-state index contributed by atoms with van der Waals surface area (Å²) >= 11 is 0. The third-order valence-electron chi connectivity index (χ3n) is 3.53. The van der Waals surface area contributed by atoms with Gasteiger partial charge in [-0.3, -0.25) is 0 Å². The van der Waals surface area contributed by atoms with Gasteiger partial charge in [0.05, 0.1) is 0 Å². The molecule has 5 heteroatoms. The molecule has 1 aliphatic heterocycles. The molecule has 1 heterocycles. The summed E-state index contributed by atoms with van der Waals surface area (Å²) < 4.78 is 5.22. The van der Waals surface area contributed by atoms with Gasteiger partial charge >= 0.3 is 6.09 Å². The normalized spacial score (nSPS) is 14.9. The summed E-state index contributed by atoms with van der Waals surface area (Å²) in [6.07, 6.45) is 0.724. The summed E-state index contributed by atoms with van der Waals surface area (Å²) in [5.41, 5.74) is 3.47. The second kappa shape index (κ2) is 7.01. The second-order valence-electron chi connectivity index (χ2n) is 6.79. The number of amides is 1. The van der Waals surface area contributed by atoms with E-state index in [-0.39, 0.29) is 12.1 Å². The van der Waals surface area contributed by atoms with Crippen molar-refractivity contribution in [3.05, 3.63) is 29.3 Å². The molecule has 0 radical (unpaired) electrons. The maximum atomic E-state index is 11.6. The Morgan fingerprint density at radius 2 is 2.18 bits per heavy atom. The number of nitrogens with one attached hydrogen (secondary N) is 3. The minimum atomic E-state index is -0.461. The number of fused-ring (bicyclic) bond motifs is 1. The lowest BCUT2D eigenvalue weighted by Crippen LogP contribution is -2.41. The van der Waals surface area contributed by atoms with Gasteiger partial charge in [0, 0.05) is 31.4 Å². The van der Waals surface area contributed by atoms with Crippen LogP contribution in [-0.2, 0) is 17.7 Å². The molecule has 1 aromatic rings. The van der Waals surface area contributed by atoms with E-state index < -0.39 is 5.60 Å². The third-order valence-corrected chi connectivity index (χ3v) is 3.53. The van der Waals surface area contributed by atoms with Gasteiger partial charge in [0.1, 0.15) is 5.60 Å². The third kappa shape index (κ3) is 4.91. The van der Waals surface area contributed by atoms with Crippen molar-refractivity contribution < 1.29 is 9.53 Å². The number of alkyl carbamates (subject to hydrolysis) is 1. The first-order valence-corrected chi connectivity index (χ1v) is 7.90. The molecule has 5 nitrogen and oxygen atoms in total. The molecular formula is C17H27N3O2. The molecule has 1 aliphatic rings. The molecule has 0 saturated heterocycles. The number of hydrogen-bond acceptors (Lipinski definition) is 4. The van der Waals surface area contributed by atoms with Crippen LogP contribution in [0, 0.1) is 0 Å². The van der Waals surface area contributed by atoms with Crippen LogP contribution in [-0.4, -0.2) is 30.8 Å². The van der Waals surface area contributed by atoms with Crippen molar-refractivity contribution in [2.75, 3.05) is 18.4 Å². The Morgan fingerprint density at radius 1 is 1.41 bits per heavy atom. The second-order valence-corrected chi connectivity index (χ2v) is 6.79. The summed E-state index contributed by atoms with van der Waals surface area (Å²) in [6.45, 7) is 9.96. The van der Waals surface area contributed by atoms with Crippen LogP contribution in [0.15, 0.2) is 18.2 Å². The van der Waals surface area contributed by atoms with Crippen molar-refractivity contribution in [2.45, 2.75) is 52.3 Å². The fourth-order valence-electron chi connectivity index (χ4n) is 2.47. The summed E-state index contributed by atoms with van der Waals surface area (Å²) in [6, 6.07) is 6.58. The summed E-state index contributed by atoms with van der Waals surface area (Å²) in [5.74, 6) is 0. The van der Waals surface area contributed by atoms with E-state index >= 15 is 0 Å². The first-order chi connectivity index (χ1) is 10.3. The zero-order valence-corrected chi connectivity index (χ0v) is 14.0. The van der Waals surface area contributed by atoms with Crippen LogP contribution in [0.2, 0.25) is 0 Å². The van der Waals surface area contributed by atoms with Crippen molar-refractivity contribution in [1.29, 1.82) is 0 Å². The van der Waals surface area contributed by atoms with Crippen molar-refractivity contribution in [3.8, 4) is 0 Å². The maximum absolute atomic E-state index is 11.6. The lowest BCUT2D eigenvalue weighted by atomic mass is 10.1. The Morgan fingerprint density at radius 3 is 2.91 bits per heavy atom. The van der Waals surface area contributed by atoms with Gasteiger partial charge in [-0.15, -0.1) is 0 Å². The van der Waals surface area contributed by atoms with Gasteiger partial charge < -0.3 is 20.7 Å². The van der Waals surface area contributed by atoms with Gasteiger partial charge in [0.2, 0.25) is 0 Å². The Balaban J connectivity index is 1.76. The number of benzene rings is 1. The molecule has 1 unspecified atom stereocenters. The highest BCUT2D eigenvalue weighted by atomic mass is 16.6. The summed E-state index contributed by atoms with van der Waals surface area (Å²) in [4.78, 5) is 11.6. The van der Waals surface area contributed by atoms with Crippen molar-refractivity contribution >= 4 is 11.8 Å². The lowest BCUT2D eigenvalue weighted by molar-refractivity contribution is 0.0523. The zero-order valence-electron chi connectivity index (χ0n) is 14.0. The van der Waals surface area contributed by atoms with Gasteiger partial charge in [-0.2, -0.15) is 0 Å². The molecular weight excluding hydrogens is 278 g/mol. The van der Waals surface area contributed by atoms with Crippen LogP contribution in [0.4, 0.5) is 10.5 Å². The summed E-state index contributed by atoms with van der Waals surface area (Å²) in [7, 11) is 0.